The van der Waals surface area contributed by atoms with E-state index in [2.05, 4.69) is 6.92 Å². The molecule has 0 aliphatic heterocycles. The van der Waals surface area contributed by atoms with E-state index < -0.39 is 23.4 Å². The first-order valence-electron chi connectivity index (χ1n) is 11.5. The molecule has 0 aliphatic carbocycles. The molecule has 0 unspecified atom stereocenters. The van der Waals surface area contributed by atoms with Crippen LogP contribution in [0.3, 0.4) is 0 Å². The van der Waals surface area contributed by atoms with Crippen molar-refractivity contribution in [2.24, 2.45) is 11.8 Å². The molecule has 0 heterocycles. The SMILES string of the molecule is CCCC[C@@H](C[C@@H](CCc1ccc(-c2cc(Cl)cc(Cl)c2)cc1)C(=O)O)C(=O)OC(C)(C)C. The van der Waals surface area contributed by atoms with Crippen LogP contribution in [0.2, 0.25) is 10.0 Å². The molecule has 0 fully saturated rings. The van der Waals surface area contributed by atoms with Gasteiger partial charge in [0.15, 0.2) is 0 Å². The van der Waals surface area contributed by atoms with Gasteiger partial charge in [0.25, 0.3) is 0 Å². The van der Waals surface area contributed by atoms with Crippen LogP contribution in [0.5, 0.6) is 0 Å². The lowest BCUT2D eigenvalue weighted by molar-refractivity contribution is -0.161. The van der Waals surface area contributed by atoms with Crippen molar-refractivity contribution in [1.29, 1.82) is 0 Å². The van der Waals surface area contributed by atoms with Crippen LogP contribution in [0.25, 0.3) is 11.1 Å². The van der Waals surface area contributed by atoms with E-state index in [9.17, 15) is 14.7 Å². The fourth-order valence-corrected chi connectivity index (χ4v) is 4.30. The third-order valence-electron chi connectivity index (χ3n) is 5.50. The Morgan fingerprint density at radius 1 is 0.939 bits per heavy atom. The van der Waals surface area contributed by atoms with Gasteiger partial charge in [-0.15, -0.1) is 0 Å². The summed E-state index contributed by atoms with van der Waals surface area (Å²) in [7, 11) is 0. The normalized spacial score (nSPS) is 13.4. The lowest BCUT2D eigenvalue weighted by atomic mass is 9.87. The summed E-state index contributed by atoms with van der Waals surface area (Å²) >= 11 is 12.2. The maximum Gasteiger partial charge on any atom is 0.309 e. The average Bonchev–Trinajstić information content (AvgIpc) is 2.71. The van der Waals surface area contributed by atoms with Crippen LogP contribution in [0.4, 0.5) is 0 Å². The number of carboxylic acids is 1. The van der Waals surface area contributed by atoms with Crippen LogP contribution in [0.15, 0.2) is 42.5 Å². The lowest BCUT2D eigenvalue weighted by Crippen LogP contribution is -2.31. The van der Waals surface area contributed by atoms with Gasteiger partial charge in [0.2, 0.25) is 0 Å². The Hall–Kier alpha value is -2.04. The van der Waals surface area contributed by atoms with Gasteiger partial charge in [0.05, 0.1) is 11.8 Å². The molecule has 6 heteroatoms. The molecule has 2 aromatic carbocycles. The van der Waals surface area contributed by atoms with Crippen molar-refractivity contribution in [3.05, 3.63) is 58.1 Å². The van der Waals surface area contributed by atoms with E-state index in [1.807, 2.05) is 57.2 Å². The Kier molecular flexibility index (Phi) is 10.2. The third-order valence-corrected chi connectivity index (χ3v) is 5.93. The zero-order valence-electron chi connectivity index (χ0n) is 19.9. The van der Waals surface area contributed by atoms with E-state index in [1.165, 1.54) is 0 Å². The summed E-state index contributed by atoms with van der Waals surface area (Å²) in [4.78, 5) is 24.6. The number of esters is 1. The van der Waals surface area contributed by atoms with Crippen LogP contribution >= 0.6 is 23.2 Å². The second kappa shape index (κ2) is 12.4. The van der Waals surface area contributed by atoms with Crippen LogP contribution in [-0.4, -0.2) is 22.6 Å². The topological polar surface area (TPSA) is 63.6 Å². The Morgan fingerprint density at radius 2 is 1.55 bits per heavy atom. The van der Waals surface area contributed by atoms with Crippen molar-refractivity contribution < 1.29 is 19.4 Å². The van der Waals surface area contributed by atoms with Gasteiger partial charge in [-0.3, -0.25) is 9.59 Å². The quantitative estimate of drug-likeness (QED) is 0.324. The van der Waals surface area contributed by atoms with Crippen molar-refractivity contribution in [2.45, 2.75) is 71.8 Å². The molecule has 1 N–H and O–H groups in total. The van der Waals surface area contributed by atoms with Crippen LogP contribution in [-0.2, 0) is 20.7 Å². The molecule has 2 rings (SSSR count). The minimum Gasteiger partial charge on any atom is -0.481 e. The number of aliphatic carboxylic acids is 1. The number of rotatable bonds is 11. The largest absolute Gasteiger partial charge is 0.481 e. The maximum atomic E-state index is 12.7. The second-order valence-electron chi connectivity index (χ2n) is 9.54. The predicted octanol–water partition coefficient (Wildman–Crippen LogP) is 7.83. The number of halogens is 2. The standard InChI is InChI=1S/C27H34Cl2O4/c1-5-6-7-21(26(32)33-27(2,3)4)14-20(25(30)31)13-10-18-8-11-19(12-9-18)22-15-23(28)17-24(29)16-22/h8-9,11-12,15-17,20-21H,5-7,10,13-14H2,1-4H3,(H,30,31)/t20-,21+/m1/s1. The van der Waals surface area contributed by atoms with Gasteiger partial charge in [0, 0.05) is 10.0 Å². The Balaban J connectivity index is 2.06. The maximum absolute atomic E-state index is 12.7. The van der Waals surface area contributed by atoms with E-state index in [0.717, 1.165) is 29.5 Å². The van der Waals surface area contributed by atoms with Crippen LogP contribution < -0.4 is 0 Å². The van der Waals surface area contributed by atoms with Gasteiger partial charge in [0.1, 0.15) is 5.60 Å². The van der Waals surface area contributed by atoms with E-state index in [0.29, 0.717) is 35.7 Å². The van der Waals surface area contributed by atoms with Crippen molar-refractivity contribution in [2.75, 3.05) is 0 Å². The molecule has 0 aromatic heterocycles. The summed E-state index contributed by atoms with van der Waals surface area (Å²) in [5.74, 6) is -2.18. The second-order valence-corrected chi connectivity index (χ2v) is 10.4. The first-order valence-corrected chi connectivity index (χ1v) is 12.2. The van der Waals surface area contributed by atoms with Gasteiger partial charge in [-0.2, -0.15) is 0 Å². The summed E-state index contributed by atoms with van der Waals surface area (Å²) < 4.78 is 5.56. The highest BCUT2D eigenvalue weighted by Crippen LogP contribution is 2.29. The molecule has 0 bridgehead atoms. The highest BCUT2D eigenvalue weighted by molar-refractivity contribution is 6.35. The highest BCUT2D eigenvalue weighted by atomic mass is 35.5. The number of hydrogen-bond donors (Lipinski definition) is 1. The average molecular weight is 493 g/mol. The summed E-state index contributed by atoms with van der Waals surface area (Å²) in [6.45, 7) is 7.55. The van der Waals surface area contributed by atoms with Crippen molar-refractivity contribution in [1.82, 2.24) is 0 Å². The van der Waals surface area contributed by atoms with Crippen LogP contribution in [0, 0.1) is 11.8 Å². The van der Waals surface area contributed by atoms with Gasteiger partial charge in [-0.05, 0) is 81.3 Å². The summed E-state index contributed by atoms with van der Waals surface area (Å²) in [6, 6.07) is 13.4. The van der Waals surface area contributed by atoms with Crippen molar-refractivity contribution in [3.63, 3.8) is 0 Å². The zero-order chi connectivity index (χ0) is 24.6. The number of hydrogen-bond acceptors (Lipinski definition) is 3. The molecule has 0 aliphatic rings. The number of carbonyl (C=O) groups is 2. The molecule has 33 heavy (non-hydrogen) atoms. The monoisotopic (exact) mass is 492 g/mol. The lowest BCUT2D eigenvalue weighted by Gasteiger charge is -2.25. The van der Waals surface area contributed by atoms with Crippen molar-refractivity contribution >= 4 is 35.1 Å². The van der Waals surface area contributed by atoms with E-state index in [1.54, 1.807) is 6.07 Å². The van der Waals surface area contributed by atoms with Crippen molar-refractivity contribution in [3.8, 4) is 11.1 Å². The number of unbranched alkanes of at least 4 members (excludes halogenated alkanes) is 1. The number of aryl methyl sites for hydroxylation is 1. The molecular formula is C27H34Cl2O4. The zero-order valence-corrected chi connectivity index (χ0v) is 21.4. The van der Waals surface area contributed by atoms with E-state index >= 15 is 0 Å². The predicted molar refractivity (Wildman–Crippen MR) is 135 cm³/mol. The Morgan fingerprint density at radius 3 is 2.06 bits per heavy atom. The molecule has 180 valence electrons. The molecule has 0 amide bonds. The molecule has 0 saturated heterocycles. The number of benzene rings is 2. The minimum absolute atomic E-state index is 0.295. The molecule has 0 spiro atoms. The van der Waals surface area contributed by atoms with E-state index in [-0.39, 0.29) is 5.97 Å². The minimum atomic E-state index is -0.870. The van der Waals surface area contributed by atoms with Crippen LogP contribution in [0.1, 0.15) is 65.4 Å². The molecule has 2 aromatic rings. The number of ether oxygens (including phenoxy) is 1. The van der Waals surface area contributed by atoms with Gasteiger partial charge in [-0.1, -0.05) is 67.2 Å². The van der Waals surface area contributed by atoms with Gasteiger partial charge < -0.3 is 9.84 Å². The smallest absolute Gasteiger partial charge is 0.309 e. The third kappa shape index (κ3) is 9.38. The fourth-order valence-electron chi connectivity index (χ4n) is 3.78. The van der Waals surface area contributed by atoms with Gasteiger partial charge in [-0.25, -0.2) is 0 Å². The van der Waals surface area contributed by atoms with E-state index in [4.69, 9.17) is 27.9 Å². The van der Waals surface area contributed by atoms with Gasteiger partial charge >= 0.3 is 11.9 Å². The molecule has 2 atom stereocenters. The Labute approximate surface area is 207 Å². The number of carbonyl (C=O) groups excluding carboxylic acids is 1. The molecule has 0 radical (unpaired) electrons. The fraction of sp³-hybridized carbons (Fsp3) is 0.481. The molecular weight excluding hydrogens is 459 g/mol. The Bertz CT molecular complexity index is 912. The summed E-state index contributed by atoms with van der Waals surface area (Å²) in [5.41, 5.74) is 2.37. The summed E-state index contributed by atoms with van der Waals surface area (Å²) in [6.07, 6.45) is 3.83. The molecule has 4 nitrogen and oxygen atoms in total. The first kappa shape index (κ1) is 27.2. The number of carboxylic acid groups (broad SMARTS) is 1. The molecule has 0 saturated carbocycles. The summed E-state index contributed by atoms with van der Waals surface area (Å²) in [5, 5.41) is 11.0. The first-order chi connectivity index (χ1) is 15.5. The highest BCUT2D eigenvalue weighted by Gasteiger charge is 2.30.